The summed E-state index contributed by atoms with van der Waals surface area (Å²) in [6, 6.07) is 32.5. The molecule has 0 N–H and O–H groups in total. The molecule has 1 radical (unpaired) electrons. The van der Waals surface area contributed by atoms with Gasteiger partial charge in [-0.05, 0) is 21.6 Å². The molecule has 0 amide bonds. The molecule has 0 saturated carbocycles. The van der Waals surface area contributed by atoms with Crippen molar-refractivity contribution in [2.75, 3.05) is 6.61 Å². The van der Waals surface area contributed by atoms with Crippen LogP contribution in [0.2, 0.25) is 6.04 Å². The van der Waals surface area contributed by atoms with Gasteiger partial charge in [0.15, 0.2) is 8.07 Å². The highest BCUT2D eigenvalue weighted by atomic mass is 28.3. The van der Waals surface area contributed by atoms with Gasteiger partial charge in [-0.1, -0.05) is 91.0 Å². The zero-order valence-corrected chi connectivity index (χ0v) is 14.4. The van der Waals surface area contributed by atoms with Crippen LogP contribution in [0.3, 0.4) is 0 Å². The fourth-order valence-electron chi connectivity index (χ4n) is 3.35. The van der Waals surface area contributed by atoms with E-state index in [0.717, 1.165) is 6.04 Å². The molecule has 0 bridgehead atoms. The lowest BCUT2D eigenvalue weighted by Gasteiger charge is -2.33. The summed E-state index contributed by atoms with van der Waals surface area (Å²) in [5, 5.41) is 3.95. The molecule has 3 aromatic rings. The molecule has 0 heterocycles. The Kier molecular flexibility index (Phi) is 5.24. The van der Waals surface area contributed by atoms with Crippen LogP contribution < -0.4 is 15.6 Å². The van der Waals surface area contributed by atoms with Crippen LogP contribution in [0, 0.1) is 0 Å². The Labute approximate surface area is 143 Å². The first-order chi connectivity index (χ1) is 11.9. The highest BCUT2D eigenvalue weighted by molar-refractivity contribution is 7.11. The van der Waals surface area contributed by atoms with Gasteiger partial charge in [0.1, 0.15) is 0 Å². The van der Waals surface area contributed by atoms with Gasteiger partial charge in [-0.25, -0.2) is 4.79 Å². The first-order valence-electron chi connectivity index (χ1n) is 8.03. The average molecular weight is 331 g/mol. The molecule has 0 aliphatic rings. The normalized spacial score (nSPS) is 11.0. The van der Waals surface area contributed by atoms with Crippen LogP contribution in [0.15, 0.2) is 91.0 Å². The van der Waals surface area contributed by atoms with Crippen molar-refractivity contribution in [2.45, 2.75) is 6.04 Å². The lowest BCUT2D eigenvalue weighted by Crippen LogP contribution is -2.67. The summed E-state index contributed by atoms with van der Waals surface area (Å²) in [7, 11) is -2.26. The molecule has 0 aliphatic carbocycles. The fraction of sp³-hybridized carbons (Fsp3) is 0.0952. The molecule has 3 aromatic carbocycles. The molecule has 0 unspecified atom stereocenters. The maximum Gasteiger partial charge on any atom is 0.417 e. The van der Waals surface area contributed by atoms with E-state index in [2.05, 4.69) is 72.8 Å². The maximum atomic E-state index is 10.6. The SMILES string of the molecule is O=[C]OCC[Si](c1ccccc1)(c1ccccc1)c1ccccc1. The Morgan fingerprint density at radius 1 is 0.667 bits per heavy atom. The van der Waals surface area contributed by atoms with E-state index >= 15 is 0 Å². The second-order valence-electron chi connectivity index (χ2n) is 5.69. The summed E-state index contributed by atoms with van der Waals surface area (Å²) in [4.78, 5) is 10.6. The second-order valence-corrected chi connectivity index (χ2v) is 9.73. The molecule has 0 aliphatic heterocycles. The molecule has 119 valence electrons. The Morgan fingerprint density at radius 2 is 1.04 bits per heavy atom. The molecular formula is C21H19O2Si. The summed E-state index contributed by atoms with van der Waals surface area (Å²) >= 11 is 0. The van der Waals surface area contributed by atoms with Gasteiger partial charge in [0.05, 0.1) is 6.61 Å². The number of rotatable bonds is 7. The van der Waals surface area contributed by atoms with Crippen LogP contribution in [0.1, 0.15) is 0 Å². The van der Waals surface area contributed by atoms with E-state index < -0.39 is 8.07 Å². The van der Waals surface area contributed by atoms with E-state index in [4.69, 9.17) is 4.74 Å². The van der Waals surface area contributed by atoms with Gasteiger partial charge in [-0.2, -0.15) is 0 Å². The summed E-state index contributed by atoms with van der Waals surface area (Å²) < 4.78 is 4.98. The number of hydrogen-bond acceptors (Lipinski definition) is 2. The first-order valence-corrected chi connectivity index (χ1v) is 10.2. The van der Waals surface area contributed by atoms with E-state index in [0.29, 0.717) is 6.61 Å². The van der Waals surface area contributed by atoms with E-state index in [1.54, 1.807) is 6.47 Å². The third-order valence-corrected chi connectivity index (χ3v) is 9.35. The molecule has 0 aromatic heterocycles. The highest BCUT2D eigenvalue weighted by Crippen LogP contribution is 2.13. The lowest BCUT2D eigenvalue weighted by atomic mass is 10.3. The lowest BCUT2D eigenvalue weighted by molar-refractivity contribution is 0.295. The van der Waals surface area contributed by atoms with Crippen LogP contribution in [0.25, 0.3) is 0 Å². The van der Waals surface area contributed by atoms with Crippen LogP contribution in [-0.2, 0) is 9.53 Å². The Hall–Kier alpha value is -2.65. The molecule has 0 spiro atoms. The van der Waals surface area contributed by atoms with Crippen LogP contribution in [-0.4, -0.2) is 21.2 Å². The van der Waals surface area contributed by atoms with Crippen LogP contribution in [0.5, 0.6) is 0 Å². The topological polar surface area (TPSA) is 26.3 Å². The summed E-state index contributed by atoms with van der Waals surface area (Å²) in [5.74, 6) is 0. The molecular weight excluding hydrogens is 312 g/mol. The van der Waals surface area contributed by atoms with E-state index in [1.165, 1.54) is 15.6 Å². The minimum atomic E-state index is -2.26. The van der Waals surface area contributed by atoms with Crippen LogP contribution >= 0.6 is 0 Å². The molecule has 3 rings (SSSR count). The first kappa shape index (κ1) is 16.2. The van der Waals surface area contributed by atoms with Crippen molar-refractivity contribution in [1.82, 2.24) is 0 Å². The maximum absolute atomic E-state index is 10.6. The minimum absolute atomic E-state index is 0.369. The zero-order valence-electron chi connectivity index (χ0n) is 13.4. The monoisotopic (exact) mass is 331 g/mol. The fourth-order valence-corrected chi connectivity index (χ4v) is 7.91. The van der Waals surface area contributed by atoms with E-state index in [1.807, 2.05) is 18.2 Å². The van der Waals surface area contributed by atoms with Crippen molar-refractivity contribution >= 4 is 30.1 Å². The van der Waals surface area contributed by atoms with Gasteiger partial charge < -0.3 is 4.74 Å². The predicted octanol–water partition coefficient (Wildman–Crippen LogP) is 2.24. The van der Waals surface area contributed by atoms with Gasteiger partial charge in [-0.3, -0.25) is 0 Å². The summed E-state index contributed by atoms with van der Waals surface area (Å²) in [5.41, 5.74) is 0. The van der Waals surface area contributed by atoms with Crippen molar-refractivity contribution in [3.8, 4) is 0 Å². The molecule has 24 heavy (non-hydrogen) atoms. The van der Waals surface area contributed by atoms with Gasteiger partial charge in [-0.15, -0.1) is 0 Å². The van der Waals surface area contributed by atoms with E-state index in [-0.39, 0.29) is 0 Å². The Bertz CT molecular complexity index is 661. The average Bonchev–Trinajstić information content (AvgIpc) is 2.68. The second kappa shape index (κ2) is 7.75. The number of carbonyl (C=O) groups excluding carboxylic acids is 1. The Morgan fingerprint density at radius 3 is 1.38 bits per heavy atom. The molecule has 0 atom stereocenters. The number of ether oxygens (including phenoxy) is 1. The molecule has 0 saturated heterocycles. The third-order valence-electron chi connectivity index (χ3n) is 4.44. The van der Waals surface area contributed by atoms with Crippen molar-refractivity contribution in [3.05, 3.63) is 91.0 Å². The quantitative estimate of drug-likeness (QED) is 0.377. The molecule has 0 fully saturated rings. The predicted molar refractivity (Wildman–Crippen MR) is 100 cm³/mol. The molecule has 2 nitrogen and oxygen atoms in total. The zero-order chi connectivity index (χ0) is 16.7. The third kappa shape index (κ3) is 3.17. The van der Waals surface area contributed by atoms with Crippen LogP contribution in [0.4, 0.5) is 0 Å². The number of benzene rings is 3. The van der Waals surface area contributed by atoms with Gasteiger partial charge in [0, 0.05) is 0 Å². The standard InChI is InChI=1S/C21H19O2Si/c22-18-23-16-17-24(19-10-4-1-5-11-19,20-12-6-2-7-13-20)21-14-8-3-9-15-21/h1-15H,16-17H2. The van der Waals surface area contributed by atoms with Gasteiger partial charge in [0.25, 0.3) is 0 Å². The summed E-state index contributed by atoms with van der Waals surface area (Å²) in [6.45, 7) is 1.94. The van der Waals surface area contributed by atoms with E-state index in [9.17, 15) is 4.79 Å². The number of hydrogen-bond donors (Lipinski definition) is 0. The smallest absolute Gasteiger partial charge is 0.417 e. The van der Waals surface area contributed by atoms with Gasteiger partial charge >= 0.3 is 6.47 Å². The van der Waals surface area contributed by atoms with Crippen molar-refractivity contribution in [3.63, 3.8) is 0 Å². The van der Waals surface area contributed by atoms with Crippen molar-refractivity contribution in [1.29, 1.82) is 0 Å². The summed E-state index contributed by atoms with van der Waals surface area (Å²) in [6.07, 6.45) is 0. The molecule has 3 heteroatoms. The largest absolute Gasteiger partial charge is 0.458 e. The van der Waals surface area contributed by atoms with Gasteiger partial charge in [0.2, 0.25) is 0 Å². The van der Waals surface area contributed by atoms with Crippen molar-refractivity contribution in [2.24, 2.45) is 0 Å². The minimum Gasteiger partial charge on any atom is -0.458 e. The Balaban J connectivity index is 2.22. The van der Waals surface area contributed by atoms with Crippen molar-refractivity contribution < 1.29 is 9.53 Å². The highest BCUT2D eigenvalue weighted by Gasteiger charge is 2.38.